The van der Waals surface area contributed by atoms with Crippen molar-refractivity contribution >= 4 is 12.0 Å². The number of fused-ring (bicyclic) bond motifs is 5. The largest absolute Gasteiger partial charge is 0.454 e. The summed E-state index contributed by atoms with van der Waals surface area (Å²) in [5.74, 6) is 1.41. The van der Waals surface area contributed by atoms with Gasteiger partial charge >= 0.3 is 0 Å². The number of anilines is 1. The number of aldehydes is 1. The van der Waals surface area contributed by atoms with Gasteiger partial charge in [-0.25, -0.2) is 0 Å². The molecule has 1 unspecified atom stereocenters. The van der Waals surface area contributed by atoms with Gasteiger partial charge in [0.25, 0.3) is 0 Å². The third kappa shape index (κ3) is 1.37. The Labute approximate surface area is 110 Å². The zero-order valence-corrected chi connectivity index (χ0v) is 10.1. The highest BCUT2D eigenvalue weighted by Crippen LogP contribution is 2.49. The Kier molecular flexibility index (Phi) is 2.06. The first-order valence-corrected chi connectivity index (χ1v) is 6.12. The zero-order valence-electron chi connectivity index (χ0n) is 10.1. The average Bonchev–Trinajstić information content (AvgIpc) is 2.95. The third-order valence-electron chi connectivity index (χ3n) is 3.56. The molecule has 4 heteroatoms. The number of ether oxygens (including phenoxy) is 2. The van der Waals surface area contributed by atoms with Crippen LogP contribution in [0.15, 0.2) is 36.4 Å². The van der Waals surface area contributed by atoms with E-state index in [4.69, 9.17) is 9.47 Å². The van der Waals surface area contributed by atoms with E-state index in [2.05, 4.69) is 5.32 Å². The van der Waals surface area contributed by atoms with E-state index < -0.39 is 0 Å². The van der Waals surface area contributed by atoms with Crippen LogP contribution in [0.2, 0.25) is 0 Å². The van der Waals surface area contributed by atoms with Gasteiger partial charge in [-0.1, -0.05) is 24.3 Å². The van der Waals surface area contributed by atoms with Gasteiger partial charge in [-0.2, -0.15) is 0 Å². The van der Waals surface area contributed by atoms with Crippen LogP contribution in [-0.2, 0) is 4.79 Å². The topological polar surface area (TPSA) is 47.6 Å². The number of carbonyl (C=O) groups is 1. The van der Waals surface area contributed by atoms with Crippen LogP contribution in [0.3, 0.4) is 0 Å². The summed E-state index contributed by atoms with van der Waals surface area (Å²) in [7, 11) is 0. The van der Waals surface area contributed by atoms with E-state index in [0.717, 1.165) is 34.4 Å². The highest BCUT2D eigenvalue weighted by Gasteiger charge is 2.29. The Balaban J connectivity index is 2.01. The summed E-state index contributed by atoms with van der Waals surface area (Å²) in [4.78, 5) is 11.3. The molecular weight excluding hydrogens is 242 g/mol. The fraction of sp³-hybridized carbons (Fsp3) is 0.133. The molecule has 0 aromatic heterocycles. The van der Waals surface area contributed by atoms with Gasteiger partial charge in [0.15, 0.2) is 11.5 Å². The van der Waals surface area contributed by atoms with Gasteiger partial charge in [0, 0.05) is 5.56 Å². The Bertz CT molecular complexity index is 681. The van der Waals surface area contributed by atoms with Crippen LogP contribution in [0.1, 0.15) is 11.6 Å². The lowest BCUT2D eigenvalue weighted by Crippen LogP contribution is -2.18. The summed E-state index contributed by atoms with van der Waals surface area (Å²) in [5.41, 5.74) is 3.93. The molecule has 0 radical (unpaired) electrons. The van der Waals surface area contributed by atoms with Gasteiger partial charge in [0.1, 0.15) is 12.3 Å². The molecule has 2 aromatic carbocycles. The predicted molar refractivity (Wildman–Crippen MR) is 70.4 cm³/mol. The van der Waals surface area contributed by atoms with Crippen molar-refractivity contribution in [3.63, 3.8) is 0 Å². The maximum atomic E-state index is 11.3. The first-order chi connectivity index (χ1) is 9.38. The third-order valence-corrected chi connectivity index (χ3v) is 3.56. The zero-order chi connectivity index (χ0) is 12.8. The minimum absolute atomic E-state index is 0.223. The molecule has 0 amide bonds. The van der Waals surface area contributed by atoms with Gasteiger partial charge in [-0.3, -0.25) is 0 Å². The molecule has 0 bridgehead atoms. The number of carbonyl (C=O) groups excluding carboxylic acids is 1. The predicted octanol–water partition coefficient (Wildman–Crippen LogP) is 2.75. The van der Waals surface area contributed by atoms with E-state index in [0.29, 0.717) is 5.75 Å². The highest BCUT2D eigenvalue weighted by molar-refractivity contribution is 5.92. The summed E-state index contributed by atoms with van der Waals surface area (Å²) in [6.07, 6.45) is 0.914. The van der Waals surface area contributed by atoms with Crippen LogP contribution >= 0.6 is 0 Å². The average molecular weight is 253 g/mol. The molecule has 19 heavy (non-hydrogen) atoms. The van der Waals surface area contributed by atoms with Crippen molar-refractivity contribution in [2.75, 3.05) is 12.1 Å². The molecule has 2 aliphatic rings. The van der Waals surface area contributed by atoms with Crippen molar-refractivity contribution < 1.29 is 14.3 Å². The molecule has 2 aliphatic heterocycles. The Morgan fingerprint density at radius 3 is 2.89 bits per heavy atom. The molecule has 1 atom stereocenters. The number of benzene rings is 2. The van der Waals surface area contributed by atoms with E-state index >= 15 is 0 Å². The van der Waals surface area contributed by atoms with E-state index in [1.54, 1.807) is 0 Å². The normalized spacial score (nSPS) is 18.2. The van der Waals surface area contributed by atoms with Crippen LogP contribution in [0.4, 0.5) is 5.69 Å². The molecular formula is C15H11NO3. The number of hydrogen-bond donors (Lipinski definition) is 1. The van der Waals surface area contributed by atoms with Crippen molar-refractivity contribution in [1.29, 1.82) is 0 Å². The minimum Gasteiger partial charge on any atom is -0.454 e. The van der Waals surface area contributed by atoms with Gasteiger partial charge < -0.3 is 19.6 Å². The molecule has 2 aromatic rings. The summed E-state index contributed by atoms with van der Waals surface area (Å²) < 4.78 is 10.9. The second-order valence-corrected chi connectivity index (χ2v) is 4.57. The van der Waals surface area contributed by atoms with Crippen molar-refractivity contribution in [3.05, 3.63) is 42.0 Å². The molecule has 0 spiro atoms. The summed E-state index contributed by atoms with van der Waals surface area (Å²) in [6, 6.07) is 11.5. The molecule has 0 saturated heterocycles. The van der Waals surface area contributed by atoms with Crippen LogP contribution in [-0.4, -0.2) is 13.1 Å². The van der Waals surface area contributed by atoms with Gasteiger partial charge in [-0.05, 0) is 23.3 Å². The van der Waals surface area contributed by atoms with E-state index in [9.17, 15) is 4.79 Å². The van der Waals surface area contributed by atoms with Crippen molar-refractivity contribution in [2.45, 2.75) is 6.04 Å². The van der Waals surface area contributed by atoms with Crippen molar-refractivity contribution in [1.82, 2.24) is 0 Å². The van der Waals surface area contributed by atoms with Gasteiger partial charge in [0.2, 0.25) is 6.79 Å². The Hall–Kier alpha value is -2.49. The van der Waals surface area contributed by atoms with Crippen LogP contribution in [0.25, 0.3) is 11.1 Å². The molecule has 94 valence electrons. The minimum atomic E-state index is -0.348. The number of nitrogens with one attached hydrogen (secondary N) is 1. The summed E-state index contributed by atoms with van der Waals surface area (Å²) >= 11 is 0. The Morgan fingerprint density at radius 2 is 2.00 bits per heavy atom. The summed E-state index contributed by atoms with van der Waals surface area (Å²) in [5, 5.41) is 3.23. The van der Waals surface area contributed by atoms with Crippen molar-refractivity contribution in [3.8, 4) is 22.6 Å². The van der Waals surface area contributed by atoms with Crippen molar-refractivity contribution in [2.24, 2.45) is 0 Å². The molecule has 0 aliphatic carbocycles. The second-order valence-electron chi connectivity index (χ2n) is 4.57. The first kappa shape index (κ1) is 10.4. The number of hydrogen-bond acceptors (Lipinski definition) is 4. The molecule has 2 heterocycles. The number of rotatable bonds is 1. The lowest BCUT2D eigenvalue weighted by Gasteiger charge is -2.27. The van der Waals surface area contributed by atoms with Crippen LogP contribution < -0.4 is 14.8 Å². The molecule has 4 rings (SSSR count). The van der Waals surface area contributed by atoms with E-state index in [-0.39, 0.29) is 12.8 Å². The van der Waals surface area contributed by atoms with Gasteiger partial charge in [-0.15, -0.1) is 0 Å². The summed E-state index contributed by atoms with van der Waals surface area (Å²) in [6.45, 7) is 0.223. The monoisotopic (exact) mass is 253 g/mol. The highest BCUT2D eigenvalue weighted by atomic mass is 16.7. The lowest BCUT2D eigenvalue weighted by molar-refractivity contribution is -0.108. The van der Waals surface area contributed by atoms with Crippen LogP contribution in [0, 0.1) is 0 Å². The Morgan fingerprint density at radius 1 is 1.11 bits per heavy atom. The molecule has 0 fully saturated rings. The maximum absolute atomic E-state index is 11.3. The molecule has 1 N–H and O–H groups in total. The maximum Gasteiger partial charge on any atom is 0.231 e. The van der Waals surface area contributed by atoms with E-state index in [1.165, 1.54) is 0 Å². The lowest BCUT2D eigenvalue weighted by atomic mass is 9.90. The van der Waals surface area contributed by atoms with Crippen LogP contribution in [0.5, 0.6) is 11.5 Å². The standard InChI is InChI=1S/C15H11NO3/c17-7-12-10-4-2-1-3-9(10)11-5-6-13-15(14(11)16-12)19-8-18-13/h1-7,12,16H,8H2. The smallest absolute Gasteiger partial charge is 0.231 e. The fourth-order valence-electron chi connectivity index (χ4n) is 2.69. The quantitative estimate of drug-likeness (QED) is 0.794. The fourth-order valence-corrected chi connectivity index (χ4v) is 2.69. The van der Waals surface area contributed by atoms with Gasteiger partial charge in [0.05, 0.1) is 5.69 Å². The SMILES string of the molecule is O=CC1Nc2c(ccc3c2OCO3)-c2ccccc21. The van der Waals surface area contributed by atoms with E-state index in [1.807, 2.05) is 36.4 Å². The second kappa shape index (κ2) is 3.75. The molecule has 4 nitrogen and oxygen atoms in total. The molecule has 0 saturated carbocycles. The first-order valence-electron chi connectivity index (χ1n) is 6.12.